The molecule has 32 heavy (non-hydrogen) atoms. The molecule has 1 aliphatic heterocycles. The molecule has 3 aromatic rings. The number of amides is 2. The zero-order valence-electron chi connectivity index (χ0n) is 17.5. The molecule has 0 atom stereocenters. The SMILES string of the molecule is CC(C)Oc1ccc2ccccc2c1/C=C1/SC(=O)N(CC(=O)c2ccc(Br)cc2)C1=O. The lowest BCUT2D eigenvalue weighted by molar-refractivity contribution is -0.122. The van der Waals surface area contributed by atoms with E-state index in [0.717, 1.165) is 37.5 Å². The second-order valence-electron chi connectivity index (χ2n) is 7.56. The Bertz CT molecular complexity index is 1250. The number of Topliss-reactive ketones (excluding diaryl/α,β-unsaturated/α-hetero) is 1. The molecule has 4 rings (SSSR count). The zero-order chi connectivity index (χ0) is 22.8. The summed E-state index contributed by atoms with van der Waals surface area (Å²) in [5.41, 5.74) is 1.18. The molecule has 1 saturated heterocycles. The Morgan fingerprint density at radius 3 is 2.50 bits per heavy atom. The molecule has 1 aliphatic rings. The van der Waals surface area contributed by atoms with Gasteiger partial charge in [-0.05, 0) is 60.7 Å². The van der Waals surface area contributed by atoms with Crippen LogP contribution >= 0.6 is 27.7 Å². The third-order valence-corrected chi connectivity index (χ3v) is 6.35. The first-order valence-electron chi connectivity index (χ1n) is 10.1. The lowest BCUT2D eigenvalue weighted by atomic mass is 10.0. The number of benzene rings is 3. The number of halogens is 1. The average molecular weight is 510 g/mol. The lowest BCUT2D eigenvalue weighted by Gasteiger charge is -2.15. The highest BCUT2D eigenvalue weighted by Crippen LogP contribution is 2.37. The molecule has 0 N–H and O–H groups in total. The molecule has 0 aliphatic carbocycles. The van der Waals surface area contributed by atoms with Crippen molar-refractivity contribution in [1.29, 1.82) is 0 Å². The smallest absolute Gasteiger partial charge is 0.293 e. The minimum Gasteiger partial charge on any atom is -0.490 e. The molecule has 3 aromatic carbocycles. The molecule has 0 bridgehead atoms. The topological polar surface area (TPSA) is 63.7 Å². The third-order valence-electron chi connectivity index (χ3n) is 4.91. The normalized spacial score (nSPS) is 15.2. The van der Waals surface area contributed by atoms with Gasteiger partial charge in [-0.25, -0.2) is 0 Å². The van der Waals surface area contributed by atoms with Gasteiger partial charge in [-0.15, -0.1) is 0 Å². The highest BCUT2D eigenvalue weighted by molar-refractivity contribution is 9.10. The molecule has 0 saturated carbocycles. The minimum atomic E-state index is -0.478. The van der Waals surface area contributed by atoms with Gasteiger partial charge in [0.05, 0.1) is 17.6 Å². The van der Waals surface area contributed by atoms with E-state index >= 15 is 0 Å². The summed E-state index contributed by atoms with van der Waals surface area (Å²) in [6.07, 6.45) is 1.64. The number of imide groups is 1. The molecule has 0 aromatic heterocycles. The fraction of sp³-hybridized carbons (Fsp3) is 0.160. The number of carbonyl (C=O) groups is 3. The molecule has 5 nitrogen and oxygen atoms in total. The Balaban J connectivity index is 1.66. The summed E-state index contributed by atoms with van der Waals surface area (Å²) in [6, 6.07) is 18.4. The van der Waals surface area contributed by atoms with Gasteiger partial charge in [0.1, 0.15) is 5.75 Å². The van der Waals surface area contributed by atoms with Crippen molar-refractivity contribution in [2.45, 2.75) is 20.0 Å². The lowest BCUT2D eigenvalue weighted by Crippen LogP contribution is -2.33. The van der Waals surface area contributed by atoms with E-state index < -0.39 is 11.1 Å². The van der Waals surface area contributed by atoms with E-state index in [2.05, 4.69) is 15.9 Å². The van der Waals surface area contributed by atoms with Crippen molar-refractivity contribution in [1.82, 2.24) is 4.90 Å². The third kappa shape index (κ3) is 4.64. The van der Waals surface area contributed by atoms with E-state index in [1.165, 1.54) is 0 Å². The van der Waals surface area contributed by atoms with Crippen LogP contribution in [0.2, 0.25) is 0 Å². The molecule has 7 heteroatoms. The van der Waals surface area contributed by atoms with Gasteiger partial charge in [0.25, 0.3) is 11.1 Å². The molecular weight excluding hydrogens is 490 g/mol. The second kappa shape index (κ2) is 9.30. The van der Waals surface area contributed by atoms with Gasteiger partial charge in [-0.3, -0.25) is 19.3 Å². The van der Waals surface area contributed by atoms with Crippen molar-refractivity contribution in [3.8, 4) is 5.75 Å². The van der Waals surface area contributed by atoms with E-state index in [-0.39, 0.29) is 23.3 Å². The first-order valence-corrected chi connectivity index (χ1v) is 11.7. The van der Waals surface area contributed by atoms with E-state index in [1.807, 2.05) is 50.2 Å². The van der Waals surface area contributed by atoms with Crippen LogP contribution in [0.5, 0.6) is 5.75 Å². The van der Waals surface area contributed by atoms with Crippen molar-refractivity contribution in [3.63, 3.8) is 0 Å². The van der Waals surface area contributed by atoms with Crippen LogP contribution in [0.15, 0.2) is 70.0 Å². The van der Waals surface area contributed by atoms with Crippen LogP contribution < -0.4 is 4.74 Å². The number of ketones is 1. The highest BCUT2D eigenvalue weighted by atomic mass is 79.9. The summed E-state index contributed by atoms with van der Waals surface area (Å²) in [4.78, 5) is 39.5. The minimum absolute atomic E-state index is 0.0538. The summed E-state index contributed by atoms with van der Waals surface area (Å²) >= 11 is 4.16. The van der Waals surface area contributed by atoms with Crippen LogP contribution in [-0.4, -0.2) is 34.5 Å². The summed E-state index contributed by atoms with van der Waals surface area (Å²) in [6.45, 7) is 3.57. The van der Waals surface area contributed by atoms with Crippen LogP contribution in [0.4, 0.5) is 4.79 Å². The Hall–Kier alpha value is -2.90. The Labute approximate surface area is 198 Å². The first-order chi connectivity index (χ1) is 15.3. The van der Waals surface area contributed by atoms with Crippen LogP contribution in [0.25, 0.3) is 16.8 Å². The van der Waals surface area contributed by atoms with Crippen molar-refractivity contribution in [3.05, 3.63) is 81.2 Å². The second-order valence-corrected chi connectivity index (χ2v) is 9.47. The maximum atomic E-state index is 13.0. The predicted octanol–water partition coefficient (Wildman–Crippen LogP) is 6.31. The summed E-state index contributed by atoms with van der Waals surface area (Å²) in [7, 11) is 0. The Morgan fingerprint density at radius 2 is 1.78 bits per heavy atom. The largest absolute Gasteiger partial charge is 0.490 e. The maximum Gasteiger partial charge on any atom is 0.293 e. The van der Waals surface area contributed by atoms with Crippen molar-refractivity contribution in [2.75, 3.05) is 6.54 Å². The van der Waals surface area contributed by atoms with Crippen LogP contribution in [-0.2, 0) is 4.79 Å². The number of carbonyl (C=O) groups excluding carboxylic acids is 3. The van der Waals surface area contributed by atoms with Crippen molar-refractivity contribution in [2.24, 2.45) is 0 Å². The van der Waals surface area contributed by atoms with Gasteiger partial charge in [0, 0.05) is 15.6 Å². The van der Waals surface area contributed by atoms with Gasteiger partial charge >= 0.3 is 0 Å². The monoisotopic (exact) mass is 509 g/mol. The number of rotatable bonds is 6. The zero-order valence-corrected chi connectivity index (χ0v) is 19.9. The number of hydrogen-bond donors (Lipinski definition) is 0. The molecule has 0 radical (unpaired) electrons. The number of hydrogen-bond acceptors (Lipinski definition) is 5. The number of fused-ring (bicyclic) bond motifs is 1. The van der Waals surface area contributed by atoms with Crippen LogP contribution in [0, 0.1) is 0 Å². The Kier molecular flexibility index (Phi) is 6.48. The summed E-state index contributed by atoms with van der Waals surface area (Å²) < 4.78 is 6.81. The standard InChI is InChI=1S/C25H20BrNO4S/c1-15(2)31-22-12-9-16-5-3-4-6-19(16)20(22)13-23-24(29)27(25(30)32-23)14-21(28)17-7-10-18(26)11-8-17/h3-13,15H,14H2,1-2H3/b23-13+. The van der Waals surface area contributed by atoms with E-state index in [1.54, 1.807) is 30.3 Å². The molecule has 1 fully saturated rings. The van der Waals surface area contributed by atoms with Gasteiger partial charge in [0.15, 0.2) is 5.78 Å². The van der Waals surface area contributed by atoms with E-state index in [4.69, 9.17) is 4.74 Å². The van der Waals surface area contributed by atoms with E-state index in [0.29, 0.717) is 11.3 Å². The highest BCUT2D eigenvalue weighted by Gasteiger charge is 2.36. The van der Waals surface area contributed by atoms with Crippen LogP contribution in [0.3, 0.4) is 0 Å². The summed E-state index contributed by atoms with van der Waals surface area (Å²) in [5, 5.41) is 1.46. The Morgan fingerprint density at radius 1 is 1.06 bits per heavy atom. The van der Waals surface area contributed by atoms with Crippen LogP contribution in [0.1, 0.15) is 29.8 Å². The van der Waals surface area contributed by atoms with E-state index in [9.17, 15) is 14.4 Å². The van der Waals surface area contributed by atoms with Gasteiger partial charge in [-0.2, -0.15) is 0 Å². The molecular formula is C25H20BrNO4S. The summed E-state index contributed by atoms with van der Waals surface area (Å²) in [5.74, 6) is -0.139. The predicted molar refractivity (Wildman–Crippen MR) is 131 cm³/mol. The van der Waals surface area contributed by atoms with Gasteiger partial charge in [0.2, 0.25) is 0 Å². The molecule has 162 valence electrons. The molecule has 0 unspecified atom stereocenters. The van der Waals surface area contributed by atoms with Gasteiger partial charge in [-0.1, -0.05) is 58.4 Å². The quantitative estimate of drug-likeness (QED) is 0.287. The fourth-order valence-corrected chi connectivity index (χ4v) is 4.50. The first kappa shape index (κ1) is 22.3. The van der Waals surface area contributed by atoms with Crippen molar-refractivity contribution >= 4 is 61.5 Å². The number of thioether (sulfide) groups is 1. The molecule has 2 amide bonds. The number of nitrogens with zero attached hydrogens (tertiary/aromatic N) is 1. The van der Waals surface area contributed by atoms with Gasteiger partial charge < -0.3 is 4.74 Å². The van der Waals surface area contributed by atoms with Crippen molar-refractivity contribution < 1.29 is 19.1 Å². The maximum absolute atomic E-state index is 13.0. The average Bonchev–Trinajstić information content (AvgIpc) is 3.03. The number of ether oxygens (including phenoxy) is 1. The molecule has 1 heterocycles. The molecule has 0 spiro atoms. The fourth-order valence-electron chi connectivity index (χ4n) is 3.42.